The standard InChI is InChI=1S/C42H43N7O8/c1-46-19-31(27-8-9-43-16-30(27)39(46)53)24-11-34(56-2)32(35(12-24)57-3)20-47-17-23(18-47)10-37(51)44-25-14-42(15-25)21-48(22-42)26-4-5-28-29(13-26)41(55)49(40(28)54)33-6-7-36(50)45-38(33)52/h4-5,8-9,11-13,16,19,23,25,33H,6-7,10,14-15,17-18,20-22H2,1-3H3,(H,44,51)(H,45,50,52). The smallest absolute Gasteiger partial charge is 0.262 e. The minimum absolute atomic E-state index is 0.0669. The summed E-state index contributed by atoms with van der Waals surface area (Å²) in [4.78, 5) is 85.7. The van der Waals surface area contributed by atoms with E-state index < -0.39 is 29.7 Å². The normalized spacial score (nSPS) is 20.6. The van der Waals surface area contributed by atoms with Gasteiger partial charge in [-0.2, -0.15) is 0 Å². The number of imide groups is 2. The fraction of sp³-hybridized carbons (Fsp3) is 0.405. The number of nitrogens with one attached hydrogen (secondary N) is 2. The molecule has 5 aliphatic rings. The summed E-state index contributed by atoms with van der Waals surface area (Å²) in [5.74, 6) is -0.364. The molecule has 294 valence electrons. The second-order valence-corrected chi connectivity index (χ2v) is 16.2. The van der Waals surface area contributed by atoms with Crippen molar-refractivity contribution in [2.45, 2.75) is 50.7 Å². The molecule has 1 spiro atoms. The Bertz CT molecular complexity index is 2420. The minimum Gasteiger partial charge on any atom is -0.496 e. The number of pyridine rings is 2. The third-order valence-corrected chi connectivity index (χ3v) is 12.4. The van der Waals surface area contributed by atoms with Crippen molar-refractivity contribution < 1.29 is 33.4 Å². The van der Waals surface area contributed by atoms with Gasteiger partial charge in [-0.1, -0.05) is 0 Å². The first-order chi connectivity index (χ1) is 27.4. The summed E-state index contributed by atoms with van der Waals surface area (Å²) < 4.78 is 13.3. The first-order valence-corrected chi connectivity index (χ1v) is 19.2. The molecular weight excluding hydrogens is 731 g/mol. The van der Waals surface area contributed by atoms with E-state index in [4.69, 9.17) is 9.47 Å². The number of likely N-dealkylation sites (tertiary alicyclic amines) is 1. The number of nitrogens with zero attached hydrogens (tertiary/aromatic N) is 5. The molecule has 3 saturated heterocycles. The number of fused-ring (bicyclic) bond motifs is 2. The Labute approximate surface area is 327 Å². The number of piperidine rings is 1. The number of benzene rings is 2. The largest absolute Gasteiger partial charge is 0.496 e. The van der Waals surface area contributed by atoms with Crippen LogP contribution in [0.2, 0.25) is 0 Å². The molecule has 4 aliphatic heterocycles. The van der Waals surface area contributed by atoms with Gasteiger partial charge < -0.3 is 24.3 Å². The van der Waals surface area contributed by atoms with Crippen LogP contribution in [0.25, 0.3) is 21.9 Å². The molecule has 9 rings (SSSR count). The zero-order valence-corrected chi connectivity index (χ0v) is 32.0. The Morgan fingerprint density at radius 2 is 1.65 bits per heavy atom. The molecule has 1 aliphatic carbocycles. The molecule has 1 atom stereocenters. The lowest BCUT2D eigenvalue weighted by Gasteiger charge is -2.60. The van der Waals surface area contributed by atoms with E-state index in [1.165, 1.54) is 0 Å². The van der Waals surface area contributed by atoms with Gasteiger partial charge in [0.25, 0.3) is 17.4 Å². The lowest BCUT2D eigenvalue weighted by molar-refractivity contribution is -0.136. The molecule has 15 heteroatoms. The van der Waals surface area contributed by atoms with Crippen LogP contribution in [-0.4, -0.2) is 101 Å². The molecule has 15 nitrogen and oxygen atoms in total. The monoisotopic (exact) mass is 773 g/mol. The van der Waals surface area contributed by atoms with Gasteiger partial charge in [0.2, 0.25) is 17.7 Å². The summed E-state index contributed by atoms with van der Waals surface area (Å²) >= 11 is 0. The Morgan fingerprint density at radius 1 is 0.930 bits per heavy atom. The van der Waals surface area contributed by atoms with Crippen LogP contribution in [0.3, 0.4) is 0 Å². The lowest BCUT2D eigenvalue weighted by Crippen LogP contribution is -2.66. The van der Waals surface area contributed by atoms with Crippen LogP contribution in [0.4, 0.5) is 5.69 Å². The number of carbonyl (C=O) groups excluding carboxylic acids is 5. The van der Waals surface area contributed by atoms with Crippen molar-refractivity contribution in [2.75, 3.05) is 45.3 Å². The predicted molar refractivity (Wildman–Crippen MR) is 208 cm³/mol. The Balaban J connectivity index is 0.755. The molecule has 0 radical (unpaired) electrons. The second kappa shape index (κ2) is 13.8. The van der Waals surface area contributed by atoms with Crippen LogP contribution in [0.15, 0.2) is 59.8 Å². The number of ether oxygens (including phenoxy) is 2. The fourth-order valence-corrected chi connectivity index (χ4v) is 9.49. The number of amides is 5. The third-order valence-electron chi connectivity index (χ3n) is 12.4. The summed E-state index contributed by atoms with van der Waals surface area (Å²) in [6, 6.07) is 10.1. The van der Waals surface area contributed by atoms with E-state index >= 15 is 0 Å². The number of rotatable bonds is 10. The summed E-state index contributed by atoms with van der Waals surface area (Å²) in [6.07, 6.45) is 7.52. The predicted octanol–water partition coefficient (Wildman–Crippen LogP) is 2.63. The number of aryl methyl sites for hydroxylation is 1. The minimum atomic E-state index is -0.991. The molecule has 57 heavy (non-hydrogen) atoms. The van der Waals surface area contributed by atoms with Crippen molar-refractivity contribution in [3.05, 3.63) is 82.0 Å². The molecule has 2 N–H and O–H groups in total. The average Bonchev–Trinajstić information content (AvgIpc) is 3.40. The molecule has 5 amide bonds. The zero-order valence-electron chi connectivity index (χ0n) is 32.0. The molecular formula is C42H43N7O8. The molecule has 2 aromatic heterocycles. The van der Waals surface area contributed by atoms with Gasteiger partial charge in [0, 0.05) is 93.9 Å². The van der Waals surface area contributed by atoms with Gasteiger partial charge in [0.1, 0.15) is 17.5 Å². The Hall–Kier alpha value is -6.09. The van der Waals surface area contributed by atoms with E-state index in [-0.39, 0.29) is 52.8 Å². The number of methoxy groups -OCH3 is 2. The third kappa shape index (κ3) is 6.29. The summed E-state index contributed by atoms with van der Waals surface area (Å²) in [5.41, 5.74) is 4.04. The highest BCUT2D eigenvalue weighted by Gasteiger charge is 2.53. The highest BCUT2D eigenvalue weighted by atomic mass is 16.5. The van der Waals surface area contributed by atoms with Crippen molar-refractivity contribution in [2.24, 2.45) is 18.4 Å². The first kappa shape index (κ1) is 36.5. The summed E-state index contributed by atoms with van der Waals surface area (Å²) in [6.45, 7) is 3.76. The summed E-state index contributed by atoms with van der Waals surface area (Å²) in [7, 11) is 5.00. The summed E-state index contributed by atoms with van der Waals surface area (Å²) in [5, 5.41) is 6.81. The lowest BCUT2D eigenvalue weighted by atomic mass is 9.60. The van der Waals surface area contributed by atoms with Crippen LogP contribution in [-0.2, 0) is 28.0 Å². The van der Waals surface area contributed by atoms with Crippen LogP contribution >= 0.6 is 0 Å². The molecule has 1 unspecified atom stereocenters. The maximum atomic E-state index is 13.3. The zero-order chi connectivity index (χ0) is 39.7. The van der Waals surface area contributed by atoms with Crippen molar-refractivity contribution in [1.29, 1.82) is 0 Å². The molecule has 4 aromatic rings. The van der Waals surface area contributed by atoms with Gasteiger partial charge in [0.05, 0.1) is 36.3 Å². The highest BCUT2D eigenvalue weighted by Crippen LogP contribution is 2.50. The second-order valence-electron chi connectivity index (χ2n) is 16.2. The highest BCUT2D eigenvalue weighted by molar-refractivity contribution is 6.23. The number of hydrogen-bond acceptors (Lipinski definition) is 11. The Kier molecular flexibility index (Phi) is 8.87. The first-order valence-electron chi connectivity index (χ1n) is 19.2. The van der Waals surface area contributed by atoms with Gasteiger partial charge in [-0.15, -0.1) is 0 Å². The van der Waals surface area contributed by atoms with E-state index in [1.54, 1.807) is 50.4 Å². The SMILES string of the molecule is COc1cc(-c2cn(C)c(=O)c3cnccc23)cc(OC)c1CN1CC(CC(=O)NC2CC3(C2)CN(c2ccc4c(c2)C(=O)N(C2CCC(=O)NC2=O)C4=O)C3)C1. The quantitative estimate of drug-likeness (QED) is 0.227. The average molecular weight is 774 g/mol. The molecule has 0 bridgehead atoms. The van der Waals surface area contributed by atoms with Crippen molar-refractivity contribution >= 4 is 46.0 Å². The fourth-order valence-electron chi connectivity index (χ4n) is 9.49. The van der Waals surface area contributed by atoms with Crippen molar-refractivity contribution in [3.8, 4) is 22.6 Å². The number of anilines is 1. The van der Waals surface area contributed by atoms with Gasteiger partial charge in [-0.05, 0) is 72.5 Å². The van der Waals surface area contributed by atoms with E-state index in [9.17, 15) is 28.8 Å². The van der Waals surface area contributed by atoms with Gasteiger partial charge in [0.15, 0.2) is 0 Å². The molecule has 6 heterocycles. The number of hydrogen-bond donors (Lipinski definition) is 2. The van der Waals surface area contributed by atoms with E-state index in [0.29, 0.717) is 29.9 Å². The number of aromatic nitrogens is 2. The molecule has 4 fully saturated rings. The Morgan fingerprint density at radius 3 is 2.35 bits per heavy atom. The van der Waals surface area contributed by atoms with Gasteiger partial charge in [-0.25, -0.2) is 0 Å². The maximum absolute atomic E-state index is 13.3. The van der Waals surface area contributed by atoms with Crippen LogP contribution in [0.5, 0.6) is 11.5 Å². The van der Waals surface area contributed by atoms with Crippen LogP contribution in [0.1, 0.15) is 58.4 Å². The maximum Gasteiger partial charge on any atom is 0.262 e. The van der Waals surface area contributed by atoms with Gasteiger partial charge in [-0.3, -0.25) is 48.9 Å². The van der Waals surface area contributed by atoms with Crippen LogP contribution in [0, 0.1) is 11.3 Å². The molecule has 2 aromatic carbocycles. The van der Waals surface area contributed by atoms with Crippen LogP contribution < -0.4 is 30.6 Å². The van der Waals surface area contributed by atoms with Gasteiger partial charge >= 0.3 is 0 Å². The number of carbonyl (C=O) groups is 5. The van der Waals surface area contributed by atoms with E-state index in [0.717, 1.165) is 71.7 Å². The molecule has 1 saturated carbocycles. The van der Waals surface area contributed by atoms with E-state index in [2.05, 4.69) is 25.4 Å². The van der Waals surface area contributed by atoms with Crippen molar-refractivity contribution in [1.82, 2.24) is 30.0 Å². The van der Waals surface area contributed by atoms with E-state index in [1.807, 2.05) is 30.5 Å². The van der Waals surface area contributed by atoms with Crippen molar-refractivity contribution in [3.63, 3.8) is 0 Å². The topological polar surface area (TPSA) is 172 Å².